The van der Waals surface area contributed by atoms with E-state index in [1.54, 1.807) is 6.07 Å². The fourth-order valence-electron chi connectivity index (χ4n) is 4.24. The summed E-state index contributed by atoms with van der Waals surface area (Å²) in [7, 11) is 0. The molecule has 4 rings (SSSR count). The maximum Gasteiger partial charge on any atom is 0.155 e. The first-order valence-electron chi connectivity index (χ1n) is 9.02. The minimum absolute atomic E-state index is 0.0609. The second-order valence-electron chi connectivity index (χ2n) is 7.20. The normalized spacial score (nSPS) is 29.5. The predicted octanol–water partition coefficient (Wildman–Crippen LogP) is 4.26. The van der Waals surface area contributed by atoms with E-state index in [0.29, 0.717) is 22.7 Å². The van der Waals surface area contributed by atoms with Crippen molar-refractivity contribution in [3.63, 3.8) is 0 Å². The predicted molar refractivity (Wildman–Crippen MR) is 105 cm³/mol. The van der Waals surface area contributed by atoms with Crippen LogP contribution in [0.3, 0.4) is 0 Å². The molecule has 2 aromatic carbocycles. The van der Waals surface area contributed by atoms with Crippen LogP contribution < -0.4 is 5.73 Å². The third-order valence-corrected chi connectivity index (χ3v) is 6.59. The molecule has 144 valence electrons. The van der Waals surface area contributed by atoms with Gasteiger partial charge in [0.15, 0.2) is 5.17 Å². The number of benzene rings is 2. The molecular weight excluding hydrogens is 380 g/mol. The molecule has 0 spiro atoms. The van der Waals surface area contributed by atoms with Crippen molar-refractivity contribution in [2.75, 3.05) is 6.61 Å². The first-order chi connectivity index (χ1) is 13.4. The van der Waals surface area contributed by atoms with E-state index >= 15 is 0 Å². The number of hydrogen-bond acceptors (Lipinski definition) is 5. The van der Waals surface area contributed by atoms with Crippen molar-refractivity contribution in [2.45, 2.75) is 30.2 Å². The van der Waals surface area contributed by atoms with Crippen molar-refractivity contribution in [3.8, 4) is 6.07 Å². The van der Waals surface area contributed by atoms with Gasteiger partial charge in [0.25, 0.3) is 0 Å². The van der Waals surface area contributed by atoms with Gasteiger partial charge >= 0.3 is 0 Å². The molecule has 2 heterocycles. The van der Waals surface area contributed by atoms with Crippen molar-refractivity contribution in [1.29, 1.82) is 5.26 Å². The van der Waals surface area contributed by atoms with E-state index in [1.807, 2.05) is 25.1 Å². The van der Waals surface area contributed by atoms with E-state index in [4.69, 9.17) is 15.7 Å². The van der Waals surface area contributed by atoms with Crippen molar-refractivity contribution in [2.24, 2.45) is 16.6 Å². The number of fused-ring (bicyclic) bond motifs is 1. The number of nitrogens with zero attached hydrogens (tertiary/aromatic N) is 2. The summed E-state index contributed by atoms with van der Waals surface area (Å²) in [5.74, 6) is -1.34. The minimum Gasteiger partial charge on any atom is -0.379 e. The van der Waals surface area contributed by atoms with Crippen molar-refractivity contribution in [3.05, 3.63) is 70.8 Å². The lowest BCUT2D eigenvalue weighted by molar-refractivity contribution is -0.0644. The number of halogens is 2. The number of ether oxygens (including phenoxy) is 1. The van der Waals surface area contributed by atoms with E-state index in [-0.39, 0.29) is 23.9 Å². The van der Waals surface area contributed by atoms with Crippen LogP contribution in [0.5, 0.6) is 0 Å². The van der Waals surface area contributed by atoms with Crippen LogP contribution in [0.1, 0.15) is 36.1 Å². The van der Waals surface area contributed by atoms with Crippen LogP contribution in [0, 0.1) is 28.9 Å². The highest BCUT2D eigenvalue weighted by Crippen LogP contribution is 2.52. The summed E-state index contributed by atoms with van der Waals surface area (Å²) in [5.41, 5.74) is 6.83. The van der Waals surface area contributed by atoms with Gasteiger partial charge < -0.3 is 10.5 Å². The Bertz CT molecular complexity index is 990. The Kier molecular flexibility index (Phi) is 4.86. The number of rotatable bonds is 2. The summed E-state index contributed by atoms with van der Waals surface area (Å²) >= 11 is 1.46. The molecule has 0 amide bonds. The van der Waals surface area contributed by atoms with Crippen LogP contribution in [0.25, 0.3) is 0 Å². The Morgan fingerprint density at radius 2 is 2.11 bits per heavy atom. The molecule has 2 aliphatic heterocycles. The second kappa shape index (κ2) is 7.19. The van der Waals surface area contributed by atoms with Gasteiger partial charge in [-0.1, -0.05) is 36.9 Å². The summed E-state index contributed by atoms with van der Waals surface area (Å²) in [6.45, 7) is 2.17. The fraction of sp³-hybridized carbons (Fsp3) is 0.333. The molecule has 2 aliphatic rings. The molecule has 0 bridgehead atoms. The van der Waals surface area contributed by atoms with E-state index < -0.39 is 17.2 Å². The molecule has 0 unspecified atom stereocenters. The zero-order valence-electron chi connectivity index (χ0n) is 15.2. The first-order valence-corrected chi connectivity index (χ1v) is 9.90. The number of nitrogens with two attached hydrogens (primary N) is 1. The van der Waals surface area contributed by atoms with Gasteiger partial charge in [-0.3, -0.25) is 0 Å². The molecule has 2 aromatic rings. The Hall–Kier alpha value is -2.43. The lowest BCUT2D eigenvalue weighted by Gasteiger charge is -2.49. The van der Waals surface area contributed by atoms with E-state index in [9.17, 15) is 8.78 Å². The average Bonchev–Trinajstić information content (AvgIpc) is 2.67. The second-order valence-corrected chi connectivity index (χ2v) is 8.60. The Balaban J connectivity index is 1.76. The maximum atomic E-state index is 14.7. The molecule has 1 saturated heterocycles. The zero-order valence-corrected chi connectivity index (χ0v) is 16.0. The molecule has 28 heavy (non-hydrogen) atoms. The summed E-state index contributed by atoms with van der Waals surface area (Å²) in [6.07, 6.45) is 0.365. The van der Waals surface area contributed by atoms with Crippen LogP contribution >= 0.6 is 11.8 Å². The molecule has 0 aromatic heterocycles. The van der Waals surface area contributed by atoms with Gasteiger partial charge in [-0.2, -0.15) is 5.26 Å². The van der Waals surface area contributed by atoms with Gasteiger partial charge in [-0.05, 0) is 30.2 Å². The minimum atomic E-state index is -0.990. The number of nitriles is 1. The molecule has 7 heteroatoms. The number of thioether (sulfide) groups is 1. The highest BCUT2D eigenvalue weighted by atomic mass is 32.2. The molecule has 0 radical (unpaired) electrons. The van der Waals surface area contributed by atoms with Gasteiger partial charge in [0.1, 0.15) is 17.2 Å². The summed E-state index contributed by atoms with van der Waals surface area (Å²) in [5, 5.41) is 9.62. The van der Waals surface area contributed by atoms with Crippen LogP contribution in [-0.2, 0) is 10.3 Å². The standard InChI is InChI=1S/C21H19F2N3OS/c1-12-17-9-19(14-4-2-3-13(7-14)10-24)27-11-21(17,26-20(25)28-12)16-6-5-15(22)8-18(16)23/h2-8,12,17,19H,9,11H2,1H3,(H2,25,26)/t12-,17+,19-,21-/m1/s1. The number of amidine groups is 1. The summed E-state index contributed by atoms with van der Waals surface area (Å²) in [6, 6.07) is 13.0. The largest absolute Gasteiger partial charge is 0.379 e. The molecule has 4 atom stereocenters. The van der Waals surface area contributed by atoms with Gasteiger partial charge in [-0.25, -0.2) is 13.8 Å². The van der Waals surface area contributed by atoms with Crippen molar-refractivity contribution in [1.82, 2.24) is 0 Å². The lowest BCUT2D eigenvalue weighted by atomic mass is 9.72. The van der Waals surface area contributed by atoms with E-state index in [0.717, 1.165) is 11.6 Å². The van der Waals surface area contributed by atoms with Gasteiger partial charge in [0.05, 0.1) is 24.3 Å². The Morgan fingerprint density at radius 1 is 1.29 bits per heavy atom. The van der Waals surface area contributed by atoms with Crippen LogP contribution in [0.4, 0.5) is 8.78 Å². The lowest BCUT2D eigenvalue weighted by Crippen LogP contribution is -2.51. The van der Waals surface area contributed by atoms with Crippen LogP contribution in [0.15, 0.2) is 47.5 Å². The molecule has 0 saturated carbocycles. The molecule has 1 fully saturated rings. The van der Waals surface area contributed by atoms with E-state index in [1.165, 1.54) is 23.9 Å². The van der Waals surface area contributed by atoms with Gasteiger partial charge in [0.2, 0.25) is 0 Å². The molecule has 4 nitrogen and oxygen atoms in total. The quantitative estimate of drug-likeness (QED) is 0.819. The Morgan fingerprint density at radius 3 is 2.86 bits per heavy atom. The molecular formula is C21H19F2N3OS. The summed E-state index contributed by atoms with van der Waals surface area (Å²) in [4.78, 5) is 4.63. The first kappa shape index (κ1) is 18.9. The smallest absolute Gasteiger partial charge is 0.155 e. The van der Waals surface area contributed by atoms with Crippen molar-refractivity contribution < 1.29 is 13.5 Å². The fourth-order valence-corrected chi connectivity index (χ4v) is 5.34. The number of aliphatic imine (C=N–C) groups is 1. The zero-order chi connectivity index (χ0) is 19.9. The SMILES string of the molecule is C[C@H]1SC(N)=N[C@@]2(c3ccc(F)cc3F)CO[C@@H](c3cccc(C#N)c3)C[C@@H]12. The maximum absolute atomic E-state index is 14.7. The summed E-state index contributed by atoms with van der Waals surface area (Å²) < 4.78 is 34.3. The highest BCUT2D eigenvalue weighted by Gasteiger charge is 2.52. The third-order valence-electron chi connectivity index (χ3n) is 5.55. The van der Waals surface area contributed by atoms with Gasteiger partial charge in [-0.15, -0.1) is 0 Å². The molecule has 2 N–H and O–H groups in total. The van der Waals surface area contributed by atoms with Crippen LogP contribution in [0.2, 0.25) is 0 Å². The molecule has 0 aliphatic carbocycles. The third kappa shape index (κ3) is 3.17. The average molecular weight is 399 g/mol. The van der Waals surface area contributed by atoms with E-state index in [2.05, 4.69) is 11.1 Å². The van der Waals surface area contributed by atoms with Gasteiger partial charge in [0, 0.05) is 22.8 Å². The highest BCUT2D eigenvalue weighted by molar-refractivity contribution is 8.14. The van der Waals surface area contributed by atoms with Crippen molar-refractivity contribution >= 4 is 16.9 Å². The number of hydrogen-bond donors (Lipinski definition) is 1. The van der Waals surface area contributed by atoms with Crippen LogP contribution in [-0.4, -0.2) is 17.0 Å². The Labute approximate surface area is 166 Å². The monoisotopic (exact) mass is 399 g/mol. The topological polar surface area (TPSA) is 71.4 Å².